The number of ether oxygens (including phenoxy) is 2. The molecule has 0 N–H and O–H groups in total. The van der Waals surface area contributed by atoms with E-state index >= 15 is 0 Å². The topological polar surface area (TPSA) is 18.5 Å². The fourth-order valence-electron chi connectivity index (χ4n) is 11.4. The molecular formula is C71H114O2. The van der Waals surface area contributed by atoms with Gasteiger partial charge >= 0.3 is 0 Å². The van der Waals surface area contributed by atoms with Crippen LogP contribution in [-0.2, 0) is 0 Å². The summed E-state index contributed by atoms with van der Waals surface area (Å²) in [5.41, 5.74) is 21.8. The summed E-state index contributed by atoms with van der Waals surface area (Å²) < 4.78 is 11.5. The second-order valence-electron chi connectivity index (χ2n) is 22.9. The maximum Gasteiger partial charge on any atom is 0.127 e. The highest BCUT2D eigenvalue weighted by molar-refractivity contribution is 5.61. The SMILES string of the molecule is C/C=C/c1cc(OC)c(C)cc1OCC(CC)CCCC.CCCCCCC1=C(C)CC(C2=C(CCCCCC)C=C(C)C2)=C1.CCCCCCCCC1=C(C)CC(C2=C(CCCCCCCC)C=C(C)C2)=C1. The van der Waals surface area contributed by atoms with Gasteiger partial charge in [0.1, 0.15) is 11.5 Å². The van der Waals surface area contributed by atoms with Crippen LogP contribution >= 0.6 is 0 Å². The van der Waals surface area contributed by atoms with E-state index in [1.54, 1.807) is 74.0 Å². The fraction of sp³-hybridized carbons (Fsp3) is 0.662. The molecule has 0 spiro atoms. The fourth-order valence-corrected chi connectivity index (χ4v) is 11.4. The van der Waals surface area contributed by atoms with E-state index in [-0.39, 0.29) is 0 Å². The molecule has 73 heavy (non-hydrogen) atoms. The van der Waals surface area contributed by atoms with Gasteiger partial charge in [0.2, 0.25) is 0 Å². The van der Waals surface area contributed by atoms with Crippen molar-refractivity contribution in [2.75, 3.05) is 13.7 Å². The van der Waals surface area contributed by atoms with Crippen LogP contribution in [0.4, 0.5) is 0 Å². The normalized spacial score (nSPS) is 16.0. The number of methoxy groups -OCH3 is 1. The standard InChI is InChI=1S/C28H46.C24H38.C19H30O2/c1-5-7-9-11-13-15-17-25-22-27(21-24(25)4)28-20-23(3)19-26(28)18-16-14-12-10-8-6-2;1-5-7-9-11-13-21-18-23(17-20(21)4)24-16-19(3)15-22(24)14-12-10-8-6-2;1-6-9-11-16(8-3)14-21-19-12-15(4)18(20-5)13-17(19)10-7-2/h19,22H,5-18,20-21H2,1-4H3;15,18H,5-14,16-17H2,1-4H3;7,10,12-13,16H,6,8-9,11,14H2,1-5H3/b;;10-7+. The molecule has 0 amide bonds. The number of allylic oxidation sites excluding steroid dienone is 17. The molecule has 1 atom stereocenters. The average molecular weight is 1000 g/mol. The van der Waals surface area contributed by atoms with E-state index in [0.29, 0.717) is 5.92 Å². The highest BCUT2D eigenvalue weighted by atomic mass is 16.5. The molecule has 4 aliphatic rings. The molecule has 0 saturated heterocycles. The predicted octanol–water partition coefficient (Wildman–Crippen LogP) is 23.6. The van der Waals surface area contributed by atoms with Crippen molar-refractivity contribution in [1.82, 2.24) is 0 Å². The van der Waals surface area contributed by atoms with Gasteiger partial charge in [-0.05, 0) is 193 Å². The first kappa shape index (κ1) is 63.8. The molecule has 0 aliphatic heterocycles. The van der Waals surface area contributed by atoms with Gasteiger partial charge < -0.3 is 9.47 Å². The van der Waals surface area contributed by atoms with E-state index in [4.69, 9.17) is 9.47 Å². The number of rotatable bonds is 35. The molecule has 0 saturated carbocycles. The third-order valence-corrected chi connectivity index (χ3v) is 16.1. The Bertz CT molecular complexity index is 2050. The first-order valence-corrected chi connectivity index (χ1v) is 31.0. The van der Waals surface area contributed by atoms with Crippen LogP contribution in [0.15, 0.2) is 109 Å². The van der Waals surface area contributed by atoms with Gasteiger partial charge in [-0.15, -0.1) is 0 Å². The first-order chi connectivity index (χ1) is 35.5. The van der Waals surface area contributed by atoms with Crippen molar-refractivity contribution in [2.45, 2.75) is 289 Å². The number of hydrogen-bond acceptors (Lipinski definition) is 2. The molecular weight excluding hydrogens is 885 g/mol. The molecule has 0 bridgehead atoms. The van der Waals surface area contributed by atoms with Gasteiger partial charge in [-0.25, -0.2) is 0 Å². The second kappa shape index (κ2) is 38.1. The number of aryl methyl sites for hydroxylation is 1. The van der Waals surface area contributed by atoms with Crippen molar-refractivity contribution in [3.05, 3.63) is 121 Å². The summed E-state index contributed by atoms with van der Waals surface area (Å²) in [7, 11) is 1.71. The van der Waals surface area contributed by atoms with E-state index < -0.39 is 0 Å². The molecule has 2 heteroatoms. The molecule has 2 nitrogen and oxygen atoms in total. The summed E-state index contributed by atoms with van der Waals surface area (Å²) in [6.45, 7) is 27.9. The van der Waals surface area contributed by atoms with Gasteiger partial charge in [0, 0.05) is 5.56 Å². The Kier molecular flexibility index (Phi) is 33.3. The smallest absolute Gasteiger partial charge is 0.127 e. The molecule has 0 aromatic heterocycles. The maximum absolute atomic E-state index is 6.11. The van der Waals surface area contributed by atoms with Gasteiger partial charge in [-0.3, -0.25) is 0 Å². The van der Waals surface area contributed by atoms with Crippen LogP contribution < -0.4 is 9.47 Å². The quantitative estimate of drug-likeness (QED) is 0.0631. The van der Waals surface area contributed by atoms with Crippen LogP contribution in [0.25, 0.3) is 6.08 Å². The van der Waals surface area contributed by atoms with Gasteiger partial charge in [-0.1, -0.05) is 222 Å². The van der Waals surface area contributed by atoms with Crippen LogP contribution in [0.5, 0.6) is 11.5 Å². The summed E-state index contributed by atoms with van der Waals surface area (Å²) in [6, 6.07) is 4.14. The van der Waals surface area contributed by atoms with Crippen LogP contribution in [0, 0.1) is 12.8 Å². The average Bonchev–Trinajstić information content (AvgIpc) is 4.16. The number of unbranched alkanes of at least 4 members (excludes halogenated alkanes) is 17. The lowest BCUT2D eigenvalue weighted by Crippen LogP contribution is -2.12. The summed E-state index contributed by atoms with van der Waals surface area (Å²) in [6.07, 6.45) is 56.9. The van der Waals surface area contributed by atoms with Gasteiger partial charge in [0.05, 0.1) is 13.7 Å². The zero-order valence-corrected chi connectivity index (χ0v) is 50.3. The van der Waals surface area contributed by atoms with E-state index in [1.165, 1.54) is 205 Å². The van der Waals surface area contributed by atoms with Crippen LogP contribution in [0.3, 0.4) is 0 Å². The minimum Gasteiger partial charge on any atom is -0.496 e. The van der Waals surface area contributed by atoms with E-state index in [0.717, 1.165) is 29.2 Å². The summed E-state index contributed by atoms with van der Waals surface area (Å²) in [4.78, 5) is 0. The molecule has 1 aromatic rings. The van der Waals surface area contributed by atoms with Crippen LogP contribution in [0.1, 0.15) is 293 Å². The van der Waals surface area contributed by atoms with Crippen molar-refractivity contribution >= 4 is 6.08 Å². The van der Waals surface area contributed by atoms with E-state index in [2.05, 4.69) is 119 Å². The van der Waals surface area contributed by atoms with Crippen molar-refractivity contribution in [3.8, 4) is 11.5 Å². The first-order valence-electron chi connectivity index (χ1n) is 31.0. The minimum atomic E-state index is 0.644. The Morgan fingerprint density at radius 2 is 0.877 bits per heavy atom. The van der Waals surface area contributed by atoms with E-state index in [9.17, 15) is 0 Å². The Morgan fingerprint density at radius 3 is 1.29 bits per heavy atom. The van der Waals surface area contributed by atoms with Gasteiger partial charge in [-0.2, -0.15) is 0 Å². The maximum atomic E-state index is 6.11. The summed E-state index contributed by atoms with van der Waals surface area (Å²) >= 11 is 0. The molecule has 4 aliphatic carbocycles. The number of benzene rings is 1. The lowest BCUT2D eigenvalue weighted by molar-refractivity contribution is 0.232. The molecule has 1 aromatic carbocycles. The zero-order valence-electron chi connectivity index (χ0n) is 50.3. The molecule has 0 heterocycles. The lowest BCUT2D eigenvalue weighted by Gasteiger charge is -2.18. The number of hydrogen-bond donors (Lipinski definition) is 0. The minimum absolute atomic E-state index is 0.644. The third kappa shape index (κ3) is 23.9. The monoisotopic (exact) mass is 999 g/mol. The highest BCUT2D eigenvalue weighted by Gasteiger charge is 2.23. The molecule has 0 fully saturated rings. The second-order valence-corrected chi connectivity index (χ2v) is 22.9. The van der Waals surface area contributed by atoms with Crippen molar-refractivity contribution in [2.24, 2.45) is 5.92 Å². The Morgan fingerprint density at radius 1 is 0.466 bits per heavy atom. The molecule has 0 radical (unpaired) electrons. The lowest BCUT2D eigenvalue weighted by atomic mass is 9.95. The van der Waals surface area contributed by atoms with Crippen molar-refractivity contribution in [3.63, 3.8) is 0 Å². The third-order valence-electron chi connectivity index (χ3n) is 16.1. The zero-order chi connectivity index (χ0) is 53.2. The predicted molar refractivity (Wildman–Crippen MR) is 326 cm³/mol. The largest absolute Gasteiger partial charge is 0.496 e. The van der Waals surface area contributed by atoms with Crippen LogP contribution in [-0.4, -0.2) is 13.7 Å². The van der Waals surface area contributed by atoms with Gasteiger partial charge in [0.15, 0.2) is 0 Å². The Hall–Kier alpha value is -3.52. The molecule has 410 valence electrons. The van der Waals surface area contributed by atoms with Crippen LogP contribution in [0.2, 0.25) is 0 Å². The summed E-state index contributed by atoms with van der Waals surface area (Å²) in [5, 5.41) is 0. The highest BCUT2D eigenvalue weighted by Crippen LogP contribution is 2.42. The van der Waals surface area contributed by atoms with Crippen molar-refractivity contribution in [1.29, 1.82) is 0 Å². The Labute approximate surface area is 453 Å². The Balaban J connectivity index is 0.000000292. The summed E-state index contributed by atoms with van der Waals surface area (Å²) in [5.74, 6) is 2.51. The van der Waals surface area contributed by atoms with E-state index in [1.807, 2.05) is 13.0 Å². The van der Waals surface area contributed by atoms with Gasteiger partial charge in [0.25, 0.3) is 0 Å². The van der Waals surface area contributed by atoms with Crippen molar-refractivity contribution < 1.29 is 9.47 Å². The molecule has 5 rings (SSSR count). The molecule has 1 unspecified atom stereocenters.